The van der Waals surface area contributed by atoms with Gasteiger partial charge in [0.2, 0.25) is 0 Å². The van der Waals surface area contributed by atoms with Crippen LogP contribution in [0.15, 0.2) is 18.2 Å². The van der Waals surface area contributed by atoms with E-state index in [1.807, 2.05) is 33.9 Å². The van der Waals surface area contributed by atoms with E-state index in [0.29, 0.717) is 11.5 Å². The molecule has 0 spiro atoms. The van der Waals surface area contributed by atoms with Gasteiger partial charge >= 0.3 is 6.03 Å². The molecule has 0 aliphatic carbocycles. The molecule has 0 bridgehead atoms. The third-order valence-corrected chi connectivity index (χ3v) is 5.79. The summed E-state index contributed by atoms with van der Waals surface area (Å²) in [5.41, 5.74) is 2.30. The summed E-state index contributed by atoms with van der Waals surface area (Å²) in [7, 11) is 3.98. The van der Waals surface area contributed by atoms with Gasteiger partial charge in [-0.2, -0.15) is 0 Å². The molecular formula is C21H34N4O2. The molecule has 1 aliphatic heterocycles. The Bertz CT molecular complexity index is 699. The van der Waals surface area contributed by atoms with Gasteiger partial charge in [0, 0.05) is 36.4 Å². The Hall–Kier alpha value is -2.08. The molecule has 1 aromatic rings. The third kappa shape index (κ3) is 5.01. The minimum Gasteiger partial charge on any atom is -0.350 e. The van der Waals surface area contributed by atoms with Gasteiger partial charge in [0.25, 0.3) is 5.91 Å². The third-order valence-electron chi connectivity index (χ3n) is 5.79. The van der Waals surface area contributed by atoms with Crippen LogP contribution < -0.4 is 10.6 Å². The monoisotopic (exact) mass is 374 g/mol. The summed E-state index contributed by atoms with van der Waals surface area (Å²) >= 11 is 0. The van der Waals surface area contributed by atoms with Crippen molar-refractivity contribution in [2.75, 3.05) is 32.5 Å². The summed E-state index contributed by atoms with van der Waals surface area (Å²) in [6.07, 6.45) is 1.10. The SMILES string of the molecule is Cc1cc(C(=O)NC(C)C)ccc1NC(=O)N(C)C[C@@H]1CCN(C)C1(C)C. The molecule has 27 heavy (non-hydrogen) atoms. The zero-order valence-electron chi connectivity index (χ0n) is 17.7. The number of nitrogens with zero attached hydrogens (tertiary/aromatic N) is 2. The molecule has 2 rings (SSSR count). The zero-order chi connectivity index (χ0) is 20.4. The number of nitrogens with one attached hydrogen (secondary N) is 2. The number of rotatable bonds is 5. The fraction of sp³-hybridized carbons (Fsp3) is 0.619. The lowest BCUT2D eigenvalue weighted by Gasteiger charge is -2.35. The lowest BCUT2D eigenvalue weighted by molar-refractivity contribution is 0.0943. The number of carbonyl (C=O) groups excluding carboxylic acids is 2. The Morgan fingerprint density at radius 2 is 2.00 bits per heavy atom. The van der Waals surface area contributed by atoms with E-state index in [4.69, 9.17) is 0 Å². The van der Waals surface area contributed by atoms with Crippen molar-refractivity contribution in [2.24, 2.45) is 5.92 Å². The van der Waals surface area contributed by atoms with Crippen molar-refractivity contribution in [3.05, 3.63) is 29.3 Å². The highest BCUT2D eigenvalue weighted by Crippen LogP contribution is 2.33. The lowest BCUT2D eigenvalue weighted by atomic mass is 9.88. The molecule has 2 N–H and O–H groups in total. The van der Waals surface area contributed by atoms with E-state index in [1.165, 1.54) is 0 Å². The Morgan fingerprint density at radius 1 is 1.33 bits per heavy atom. The summed E-state index contributed by atoms with van der Waals surface area (Å²) in [6.45, 7) is 12.0. The van der Waals surface area contributed by atoms with E-state index in [0.717, 1.165) is 30.8 Å². The van der Waals surface area contributed by atoms with E-state index in [-0.39, 0.29) is 23.5 Å². The predicted molar refractivity (Wildman–Crippen MR) is 110 cm³/mol. The molecule has 6 heteroatoms. The number of hydrogen-bond acceptors (Lipinski definition) is 3. The van der Waals surface area contributed by atoms with E-state index in [1.54, 1.807) is 17.0 Å². The van der Waals surface area contributed by atoms with Gasteiger partial charge in [0.1, 0.15) is 0 Å². The molecule has 1 atom stereocenters. The van der Waals surface area contributed by atoms with Gasteiger partial charge in [-0.25, -0.2) is 4.79 Å². The van der Waals surface area contributed by atoms with Gasteiger partial charge in [-0.1, -0.05) is 0 Å². The molecule has 150 valence electrons. The molecule has 1 aliphatic rings. The summed E-state index contributed by atoms with van der Waals surface area (Å²) < 4.78 is 0. The van der Waals surface area contributed by atoms with E-state index >= 15 is 0 Å². The van der Waals surface area contributed by atoms with Crippen LogP contribution in [0.2, 0.25) is 0 Å². The number of anilines is 1. The van der Waals surface area contributed by atoms with Crippen LogP contribution in [-0.2, 0) is 0 Å². The zero-order valence-corrected chi connectivity index (χ0v) is 17.7. The first kappa shape index (κ1) is 21.2. The molecular weight excluding hydrogens is 340 g/mol. The summed E-state index contributed by atoms with van der Waals surface area (Å²) in [4.78, 5) is 28.9. The molecule has 0 unspecified atom stereocenters. The second-order valence-electron chi connectivity index (χ2n) is 8.53. The van der Waals surface area contributed by atoms with Crippen molar-refractivity contribution in [3.63, 3.8) is 0 Å². The normalized spacial score (nSPS) is 19.2. The second kappa shape index (κ2) is 8.30. The fourth-order valence-electron chi connectivity index (χ4n) is 3.53. The van der Waals surface area contributed by atoms with Crippen LogP contribution in [0.4, 0.5) is 10.5 Å². The number of amides is 3. The van der Waals surface area contributed by atoms with Crippen LogP contribution in [-0.4, -0.2) is 60.5 Å². The van der Waals surface area contributed by atoms with Crippen LogP contribution in [0.1, 0.15) is 50.0 Å². The summed E-state index contributed by atoms with van der Waals surface area (Å²) in [5, 5.41) is 5.85. The quantitative estimate of drug-likeness (QED) is 0.831. The molecule has 1 aromatic carbocycles. The van der Waals surface area contributed by atoms with Crippen molar-refractivity contribution < 1.29 is 9.59 Å². The molecule has 0 aromatic heterocycles. The number of carbonyl (C=O) groups is 2. The molecule has 1 saturated heterocycles. The largest absolute Gasteiger partial charge is 0.350 e. The Kier molecular flexibility index (Phi) is 6.52. The smallest absolute Gasteiger partial charge is 0.321 e. The van der Waals surface area contributed by atoms with E-state index in [9.17, 15) is 9.59 Å². The molecule has 6 nitrogen and oxygen atoms in total. The number of benzene rings is 1. The molecule has 0 radical (unpaired) electrons. The second-order valence-corrected chi connectivity index (χ2v) is 8.53. The highest BCUT2D eigenvalue weighted by molar-refractivity contribution is 5.96. The average molecular weight is 375 g/mol. The number of hydrogen-bond donors (Lipinski definition) is 2. The van der Waals surface area contributed by atoms with Gasteiger partial charge < -0.3 is 20.4 Å². The number of aryl methyl sites for hydroxylation is 1. The van der Waals surface area contributed by atoms with Gasteiger partial charge in [-0.05, 0) is 84.3 Å². The maximum absolute atomic E-state index is 12.6. The molecule has 0 saturated carbocycles. The van der Waals surface area contributed by atoms with Crippen LogP contribution in [0.5, 0.6) is 0 Å². The van der Waals surface area contributed by atoms with Crippen molar-refractivity contribution in [1.29, 1.82) is 0 Å². The minimum absolute atomic E-state index is 0.0877. The first-order chi connectivity index (χ1) is 12.5. The Balaban J connectivity index is 2.00. The number of urea groups is 1. The standard InChI is InChI=1S/C21H34N4O2/c1-14(2)22-19(26)16-8-9-18(15(3)12-16)23-20(27)24(6)13-17-10-11-25(7)21(17,4)5/h8-9,12,14,17H,10-11,13H2,1-7H3,(H,22,26)(H,23,27)/t17-/m0/s1. The van der Waals surface area contributed by atoms with Gasteiger partial charge in [0.05, 0.1) is 0 Å². The van der Waals surface area contributed by atoms with Crippen molar-refractivity contribution >= 4 is 17.6 Å². The molecule has 1 heterocycles. The van der Waals surface area contributed by atoms with Gasteiger partial charge in [-0.3, -0.25) is 4.79 Å². The van der Waals surface area contributed by atoms with Crippen molar-refractivity contribution in [1.82, 2.24) is 15.1 Å². The van der Waals surface area contributed by atoms with Crippen LogP contribution in [0, 0.1) is 12.8 Å². The summed E-state index contributed by atoms with van der Waals surface area (Å²) in [5.74, 6) is 0.345. The van der Waals surface area contributed by atoms with Gasteiger partial charge in [0.15, 0.2) is 0 Å². The highest BCUT2D eigenvalue weighted by atomic mass is 16.2. The van der Waals surface area contributed by atoms with E-state index in [2.05, 4.69) is 36.4 Å². The first-order valence-electron chi connectivity index (χ1n) is 9.67. The molecule has 3 amide bonds. The van der Waals surface area contributed by atoms with E-state index < -0.39 is 0 Å². The molecule has 1 fully saturated rings. The Morgan fingerprint density at radius 3 is 2.52 bits per heavy atom. The maximum Gasteiger partial charge on any atom is 0.321 e. The first-order valence-corrected chi connectivity index (χ1v) is 9.67. The topological polar surface area (TPSA) is 64.7 Å². The maximum atomic E-state index is 12.6. The Labute approximate surface area is 163 Å². The fourth-order valence-corrected chi connectivity index (χ4v) is 3.53. The number of likely N-dealkylation sites (tertiary alicyclic amines) is 1. The van der Waals surface area contributed by atoms with Crippen LogP contribution in [0.25, 0.3) is 0 Å². The highest BCUT2D eigenvalue weighted by Gasteiger charge is 2.39. The van der Waals surface area contributed by atoms with Crippen LogP contribution >= 0.6 is 0 Å². The lowest BCUT2D eigenvalue weighted by Crippen LogP contribution is -2.45. The minimum atomic E-state index is -0.122. The van der Waals surface area contributed by atoms with Crippen molar-refractivity contribution in [3.8, 4) is 0 Å². The predicted octanol–water partition coefficient (Wildman–Crippen LogP) is 3.33. The van der Waals surface area contributed by atoms with Crippen molar-refractivity contribution in [2.45, 2.75) is 52.6 Å². The van der Waals surface area contributed by atoms with Gasteiger partial charge in [-0.15, -0.1) is 0 Å². The van der Waals surface area contributed by atoms with Crippen LogP contribution in [0.3, 0.4) is 0 Å². The average Bonchev–Trinajstić information content (AvgIpc) is 2.82. The summed E-state index contributed by atoms with van der Waals surface area (Å²) in [6, 6.07) is 5.31.